The molecule has 0 saturated carbocycles. The van der Waals surface area contributed by atoms with Crippen LogP contribution in [0.5, 0.6) is 5.75 Å². The summed E-state index contributed by atoms with van der Waals surface area (Å²) < 4.78 is 34.5. The number of sulfonamides is 1. The Morgan fingerprint density at radius 1 is 1.09 bits per heavy atom. The normalized spacial score (nSPS) is 16.2. The summed E-state index contributed by atoms with van der Waals surface area (Å²) in [4.78, 5) is 13.4. The van der Waals surface area contributed by atoms with Gasteiger partial charge in [-0.2, -0.15) is 4.72 Å². The average molecular weight is 513 g/mol. The topological polar surface area (TPSA) is 84.5 Å². The number of aryl methyl sites for hydroxylation is 1. The number of ether oxygens (including phenoxy) is 1. The van der Waals surface area contributed by atoms with Crippen molar-refractivity contribution in [2.45, 2.75) is 49.6 Å². The summed E-state index contributed by atoms with van der Waals surface area (Å²) in [7, 11) is -4.03. The van der Waals surface area contributed by atoms with Gasteiger partial charge in [-0.3, -0.25) is 4.79 Å². The van der Waals surface area contributed by atoms with E-state index in [-0.39, 0.29) is 28.3 Å². The first-order valence-electron chi connectivity index (χ1n) is 11.7. The van der Waals surface area contributed by atoms with Crippen molar-refractivity contribution in [1.29, 1.82) is 0 Å². The third-order valence-electron chi connectivity index (χ3n) is 6.10. The zero-order valence-corrected chi connectivity index (χ0v) is 21.1. The Morgan fingerprint density at radius 3 is 2.57 bits per heavy atom. The fraction of sp³-hybridized carbons (Fsp3) is 0.296. The van der Waals surface area contributed by atoms with Crippen LogP contribution >= 0.6 is 11.6 Å². The van der Waals surface area contributed by atoms with E-state index in [1.54, 1.807) is 0 Å². The third kappa shape index (κ3) is 6.23. The van der Waals surface area contributed by atoms with E-state index in [0.29, 0.717) is 12.4 Å². The molecule has 2 atom stereocenters. The van der Waals surface area contributed by atoms with Crippen LogP contribution in [0.15, 0.2) is 77.7 Å². The molecule has 3 aromatic rings. The molecule has 4 rings (SSSR count). The summed E-state index contributed by atoms with van der Waals surface area (Å²) >= 11 is 6.22. The van der Waals surface area contributed by atoms with Gasteiger partial charge in [0.2, 0.25) is 15.9 Å². The van der Waals surface area contributed by atoms with E-state index in [1.165, 1.54) is 23.8 Å². The van der Waals surface area contributed by atoms with Gasteiger partial charge >= 0.3 is 0 Å². The van der Waals surface area contributed by atoms with Crippen molar-refractivity contribution in [3.63, 3.8) is 0 Å². The fourth-order valence-corrected chi connectivity index (χ4v) is 5.91. The molecule has 0 radical (unpaired) electrons. The molecular formula is C27H29ClN2O4S. The van der Waals surface area contributed by atoms with E-state index in [4.69, 9.17) is 16.3 Å². The summed E-state index contributed by atoms with van der Waals surface area (Å²) in [5.41, 5.74) is 3.16. The molecule has 1 aliphatic carbocycles. The van der Waals surface area contributed by atoms with Gasteiger partial charge in [-0.1, -0.05) is 66.2 Å². The number of nitrogens with one attached hydrogen (secondary N) is 2. The number of amides is 1. The summed E-state index contributed by atoms with van der Waals surface area (Å²) in [5, 5.41) is 3.29. The van der Waals surface area contributed by atoms with Crippen molar-refractivity contribution in [1.82, 2.24) is 10.0 Å². The van der Waals surface area contributed by atoms with Gasteiger partial charge in [-0.05, 0) is 67.5 Å². The van der Waals surface area contributed by atoms with Crippen molar-refractivity contribution in [3.05, 3.63) is 94.5 Å². The highest BCUT2D eigenvalue weighted by atomic mass is 35.5. The van der Waals surface area contributed by atoms with Crippen molar-refractivity contribution in [2.24, 2.45) is 0 Å². The van der Waals surface area contributed by atoms with E-state index < -0.39 is 16.1 Å². The highest BCUT2D eigenvalue weighted by Crippen LogP contribution is 2.30. The summed E-state index contributed by atoms with van der Waals surface area (Å²) in [6.45, 7) is 2.23. The van der Waals surface area contributed by atoms with E-state index >= 15 is 0 Å². The molecule has 1 amide bonds. The van der Waals surface area contributed by atoms with E-state index in [1.807, 2.05) is 55.5 Å². The molecule has 3 aromatic carbocycles. The Kier molecular flexibility index (Phi) is 8.11. The minimum absolute atomic E-state index is 0.0279. The molecule has 0 saturated heterocycles. The van der Waals surface area contributed by atoms with E-state index in [2.05, 4.69) is 16.1 Å². The van der Waals surface area contributed by atoms with Crippen LogP contribution in [0.2, 0.25) is 5.02 Å². The highest BCUT2D eigenvalue weighted by molar-refractivity contribution is 7.89. The van der Waals surface area contributed by atoms with Crippen LogP contribution in [0.1, 0.15) is 42.5 Å². The van der Waals surface area contributed by atoms with Crippen molar-refractivity contribution in [2.75, 3.05) is 6.61 Å². The SMILES string of the molecule is CCOc1ccc(S(=O)(=O)N[C@H](Cc2ccccc2)C(=O)N[C@H]2CCCc3ccccc32)cc1Cl. The average Bonchev–Trinajstić information content (AvgIpc) is 2.85. The Labute approximate surface area is 211 Å². The van der Waals surface area contributed by atoms with Gasteiger partial charge < -0.3 is 10.1 Å². The molecule has 0 unspecified atom stereocenters. The molecule has 0 heterocycles. The second-order valence-electron chi connectivity index (χ2n) is 8.54. The van der Waals surface area contributed by atoms with Crippen LogP contribution in [0, 0.1) is 0 Å². The molecule has 0 spiro atoms. The molecule has 35 heavy (non-hydrogen) atoms. The van der Waals surface area contributed by atoms with Crippen LogP contribution in [0.25, 0.3) is 0 Å². The largest absolute Gasteiger partial charge is 0.492 e. The zero-order chi connectivity index (χ0) is 24.8. The Morgan fingerprint density at radius 2 is 1.83 bits per heavy atom. The van der Waals surface area contributed by atoms with Gasteiger partial charge in [-0.25, -0.2) is 8.42 Å². The van der Waals surface area contributed by atoms with Crippen LogP contribution in [0.3, 0.4) is 0 Å². The summed E-state index contributed by atoms with van der Waals surface area (Å²) in [6, 6.07) is 20.5. The van der Waals surface area contributed by atoms with Crippen molar-refractivity contribution >= 4 is 27.5 Å². The molecule has 0 aromatic heterocycles. The van der Waals surface area contributed by atoms with Crippen molar-refractivity contribution < 1.29 is 17.9 Å². The lowest BCUT2D eigenvalue weighted by molar-refractivity contribution is -0.123. The first kappa shape index (κ1) is 25.2. The predicted octanol–water partition coefficient (Wildman–Crippen LogP) is 4.82. The number of rotatable bonds is 9. The molecule has 8 heteroatoms. The highest BCUT2D eigenvalue weighted by Gasteiger charge is 2.30. The molecule has 0 aliphatic heterocycles. The Bertz CT molecular complexity index is 1280. The van der Waals surface area contributed by atoms with Gasteiger partial charge in [0.15, 0.2) is 0 Å². The van der Waals surface area contributed by atoms with Gasteiger partial charge in [0.25, 0.3) is 0 Å². The maximum atomic E-state index is 13.5. The number of hydrogen-bond acceptors (Lipinski definition) is 4. The molecule has 0 fully saturated rings. The van der Waals surface area contributed by atoms with E-state index in [0.717, 1.165) is 30.4 Å². The van der Waals surface area contributed by atoms with E-state index in [9.17, 15) is 13.2 Å². The number of fused-ring (bicyclic) bond motifs is 1. The lowest BCUT2D eigenvalue weighted by Crippen LogP contribution is -2.49. The molecule has 1 aliphatic rings. The lowest BCUT2D eigenvalue weighted by atomic mass is 9.87. The monoisotopic (exact) mass is 512 g/mol. The minimum Gasteiger partial charge on any atom is -0.492 e. The Balaban J connectivity index is 1.58. The number of benzene rings is 3. The van der Waals surface area contributed by atoms with Crippen molar-refractivity contribution in [3.8, 4) is 5.75 Å². The van der Waals surface area contributed by atoms with Crippen LogP contribution < -0.4 is 14.8 Å². The fourth-order valence-electron chi connectivity index (χ4n) is 4.39. The first-order valence-corrected chi connectivity index (χ1v) is 13.6. The zero-order valence-electron chi connectivity index (χ0n) is 19.5. The van der Waals surface area contributed by atoms with Crippen LogP contribution in [-0.2, 0) is 27.7 Å². The number of carbonyl (C=O) groups is 1. The summed E-state index contributed by atoms with van der Waals surface area (Å²) in [5.74, 6) is 0.0406. The number of hydrogen-bond donors (Lipinski definition) is 2. The van der Waals surface area contributed by atoms with Crippen LogP contribution in [0.4, 0.5) is 0 Å². The maximum Gasteiger partial charge on any atom is 0.241 e. The smallest absolute Gasteiger partial charge is 0.241 e. The molecule has 184 valence electrons. The maximum absolute atomic E-state index is 13.5. The molecule has 2 N–H and O–H groups in total. The first-order chi connectivity index (χ1) is 16.9. The third-order valence-corrected chi connectivity index (χ3v) is 7.86. The van der Waals surface area contributed by atoms with Gasteiger partial charge in [0.1, 0.15) is 11.8 Å². The van der Waals surface area contributed by atoms with Gasteiger partial charge in [0.05, 0.1) is 22.6 Å². The van der Waals surface area contributed by atoms with Crippen LogP contribution in [-0.4, -0.2) is 27.0 Å². The molecule has 6 nitrogen and oxygen atoms in total. The lowest BCUT2D eigenvalue weighted by Gasteiger charge is -2.28. The molecular weight excluding hydrogens is 484 g/mol. The second-order valence-corrected chi connectivity index (χ2v) is 10.7. The minimum atomic E-state index is -4.03. The predicted molar refractivity (Wildman–Crippen MR) is 137 cm³/mol. The quantitative estimate of drug-likeness (QED) is 0.430. The molecule has 0 bridgehead atoms. The van der Waals surface area contributed by atoms with Gasteiger partial charge in [-0.15, -0.1) is 0 Å². The number of carbonyl (C=O) groups excluding carboxylic acids is 1. The Hall–Kier alpha value is -2.87. The standard InChI is InChI=1S/C27H29ClN2O4S/c1-2-34-26-16-15-21(18-23(26)28)35(32,33)30-25(17-19-9-4-3-5-10-19)27(31)29-24-14-8-12-20-11-6-7-13-22(20)24/h3-7,9-11,13,15-16,18,24-25,30H,2,8,12,14,17H2,1H3,(H,29,31)/t24-,25+/m0/s1. The number of halogens is 1. The summed E-state index contributed by atoms with van der Waals surface area (Å²) in [6.07, 6.45) is 2.95. The van der Waals surface area contributed by atoms with Gasteiger partial charge in [0, 0.05) is 0 Å². The second kappa shape index (κ2) is 11.2.